The molecule has 0 spiro atoms. The molecule has 31 heavy (non-hydrogen) atoms. The van der Waals surface area contributed by atoms with Crippen LogP contribution < -0.4 is 10.6 Å². The summed E-state index contributed by atoms with van der Waals surface area (Å²) < 4.78 is 27.1. The van der Waals surface area contributed by atoms with Crippen molar-refractivity contribution in [2.24, 2.45) is 5.41 Å². The highest BCUT2D eigenvalue weighted by atomic mass is 19.1. The lowest BCUT2D eigenvalue weighted by Gasteiger charge is -2.30. The highest BCUT2D eigenvalue weighted by Crippen LogP contribution is 2.24. The Morgan fingerprint density at radius 2 is 2.13 bits per heavy atom. The Kier molecular flexibility index (Phi) is 7.24. The first-order valence-corrected chi connectivity index (χ1v) is 10.3. The highest BCUT2D eigenvalue weighted by Gasteiger charge is 2.34. The lowest BCUT2D eigenvalue weighted by atomic mass is 9.86. The number of hydrogen-bond donors (Lipinski definition) is 3. The number of hydrogen-bond acceptors (Lipinski definition) is 6. The van der Waals surface area contributed by atoms with Crippen molar-refractivity contribution >= 4 is 22.7 Å². The first kappa shape index (κ1) is 23.1. The number of carbonyl (C=O) groups excluding carboxylic acids is 2. The molecule has 170 valence electrons. The minimum atomic E-state index is -0.879. The van der Waals surface area contributed by atoms with Gasteiger partial charge in [-0.05, 0) is 11.5 Å². The van der Waals surface area contributed by atoms with Crippen LogP contribution in [0.15, 0.2) is 18.2 Å². The molecule has 2 unspecified atom stereocenters. The fourth-order valence-corrected chi connectivity index (χ4v) is 3.48. The molecule has 3 N–H and O–H groups in total. The Balaban J connectivity index is 1.90. The van der Waals surface area contributed by atoms with Gasteiger partial charge in [0.15, 0.2) is 5.69 Å². The maximum absolute atomic E-state index is 14.6. The number of nitrogens with zero attached hydrogens (tertiary/aromatic N) is 2. The number of nitrogens with one attached hydrogen (secondary N) is 2. The van der Waals surface area contributed by atoms with E-state index < -0.39 is 29.1 Å². The van der Waals surface area contributed by atoms with Gasteiger partial charge in [-0.3, -0.25) is 14.3 Å². The monoisotopic (exact) mass is 436 g/mol. The molecule has 1 aromatic heterocycles. The average Bonchev–Trinajstić information content (AvgIpc) is 3.09. The molecule has 9 nitrogen and oxygen atoms in total. The van der Waals surface area contributed by atoms with E-state index in [9.17, 15) is 14.0 Å². The molecule has 2 amide bonds. The Labute approximate surface area is 179 Å². The van der Waals surface area contributed by atoms with Gasteiger partial charge in [0.1, 0.15) is 23.5 Å². The summed E-state index contributed by atoms with van der Waals surface area (Å²) in [6, 6.07) is 3.55. The molecule has 2 heterocycles. The molecule has 2 atom stereocenters. The molecule has 3 rings (SSSR count). The minimum Gasteiger partial charge on any atom is -0.395 e. The van der Waals surface area contributed by atoms with E-state index in [0.29, 0.717) is 25.2 Å². The van der Waals surface area contributed by atoms with Crippen LogP contribution in [0.4, 0.5) is 4.39 Å². The van der Waals surface area contributed by atoms with Crippen molar-refractivity contribution in [2.45, 2.75) is 39.5 Å². The van der Waals surface area contributed by atoms with E-state index >= 15 is 0 Å². The Morgan fingerprint density at radius 1 is 1.35 bits per heavy atom. The van der Waals surface area contributed by atoms with Crippen molar-refractivity contribution in [3.8, 4) is 0 Å². The summed E-state index contributed by atoms with van der Waals surface area (Å²) in [6.45, 7) is 6.83. The normalized spacial score (nSPS) is 18.0. The first-order chi connectivity index (χ1) is 14.7. The lowest BCUT2D eigenvalue weighted by Crippen LogP contribution is -2.54. The van der Waals surface area contributed by atoms with Crippen molar-refractivity contribution in [1.82, 2.24) is 20.4 Å². The van der Waals surface area contributed by atoms with E-state index in [1.54, 1.807) is 6.07 Å². The standard InChI is InChI=1S/C21H29FN4O5/c1-21(2,3)18(20(29)23-7-8-27)24-19(28)16-14-5-4-6-15(22)17(14)26(25-16)11-13-12-30-9-10-31-13/h4-6,13,18,27H,7-12H2,1-3H3,(H,23,29)(H,24,28). The second-order valence-electron chi connectivity index (χ2n) is 8.52. The molecular weight excluding hydrogens is 407 g/mol. The van der Waals surface area contributed by atoms with Gasteiger partial charge in [-0.1, -0.05) is 32.9 Å². The second kappa shape index (κ2) is 9.71. The summed E-state index contributed by atoms with van der Waals surface area (Å²) in [5.74, 6) is -1.51. The smallest absolute Gasteiger partial charge is 0.273 e. The van der Waals surface area contributed by atoms with Crippen LogP contribution in [-0.2, 0) is 20.8 Å². The third kappa shape index (κ3) is 5.38. The number of carbonyl (C=O) groups is 2. The van der Waals surface area contributed by atoms with Crippen LogP contribution in [0, 0.1) is 11.2 Å². The van der Waals surface area contributed by atoms with Gasteiger partial charge in [-0.15, -0.1) is 0 Å². The number of fused-ring (bicyclic) bond motifs is 1. The predicted octanol–water partition coefficient (Wildman–Crippen LogP) is 0.844. The van der Waals surface area contributed by atoms with Crippen LogP contribution in [-0.4, -0.2) is 71.8 Å². The maximum Gasteiger partial charge on any atom is 0.273 e. The fraction of sp³-hybridized carbons (Fsp3) is 0.571. The number of aliphatic hydroxyl groups is 1. The summed E-state index contributed by atoms with van der Waals surface area (Å²) >= 11 is 0. The van der Waals surface area contributed by atoms with Crippen molar-refractivity contribution in [1.29, 1.82) is 0 Å². The number of rotatable bonds is 7. The summed E-state index contributed by atoms with van der Waals surface area (Å²) in [4.78, 5) is 25.7. The molecule has 0 saturated carbocycles. The van der Waals surface area contributed by atoms with E-state index in [0.717, 1.165) is 0 Å². The predicted molar refractivity (Wildman–Crippen MR) is 111 cm³/mol. The summed E-state index contributed by atoms with van der Waals surface area (Å²) in [5.41, 5.74) is -0.388. The largest absolute Gasteiger partial charge is 0.395 e. The molecule has 1 aromatic carbocycles. The number of amides is 2. The quantitative estimate of drug-likeness (QED) is 0.593. The van der Waals surface area contributed by atoms with E-state index in [1.807, 2.05) is 20.8 Å². The molecule has 1 aliphatic rings. The molecular formula is C21H29FN4O5. The van der Waals surface area contributed by atoms with E-state index in [2.05, 4.69) is 15.7 Å². The van der Waals surface area contributed by atoms with Crippen molar-refractivity contribution < 1.29 is 28.6 Å². The lowest BCUT2D eigenvalue weighted by molar-refractivity contribution is -0.125. The zero-order valence-corrected chi connectivity index (χ0v) is 18.0. The van der Waals surface area contributed by atoms with Crippen LogP contribution >= 0.6 is 0 Å². The SMILES string of the molecule is CC(C)(C)C(NC(=O)c1nn(CC2COCCO2)c2c(F)cccc12)C(=O)NCCO. The Morgan fingerprint density at radius 3 is 2.77 bits per heavy atom. The highest BCUT2D eigenvalue weighted by molar-refractivity contribution is 6.06. The van der Waals surface area contributed by atoms with Crippen LogP contribution in [0.5, 0.6) is 0 Å². The molecule has 0 aliphatic carbocycles. The Hall–Kier alpha value is -2.56. The number of ether oxygens (including phenoxy) is 2. The van der Waals surface area contributed by atoms with Gasteiger partial charge in [0.25, 0.3) is 5.91 Å². The van der Waals surface area contributed by atoms with E-state index in [-0.39, 0.29) is 37.0 Å². The van der Waals surface area contributed by atoms with Crippen molar-refractivity contribution in [3.63, 3.8) is 0 Å². The molecule has 1 aliphatic heterocycles. The number of aliphatic hydroxyl groups excluding tert-OH is 1. The Bertz CT molecular complexity index is 934. The minimum absolute atomic E-state index is 0.0236. The van der Waals surface area contributed by atoms with Crippen LogP contribution in [0.2, 0.25) is 0 Å². The molecule has 10 heteroatoms. The fourth-order valence-electron chi connectivity index (χ4n) is 3.48. The summed E-state index contributed by atoms with van der Waals surface area (Å²) in [7, 11) is 0. The number of benzene rings is 1. The molecule has 1 fully saturated rings. The molecule has 0 bridgehead atoms. The number of para-hydroxylation sites is 1. The molecule has 0 radical (unpaired) electrons. The van der Waals surface area contributed by atoms with Gasteiger partial charge < -0.3 is 25.2 Å². The van der Waals surface area contributed by atoms with E-state index in [4.69, 9.17) is 14.6 Å². The summed E-state index contributed by atoms with van der Waals surface area (Å²) in [5, 5.41) is 19.0. The average molecular weight is 436 g/mol. The van der Waals surface area contributed by atoms with Crippen LogP contribution in [0.3, 0.4) is 0 Å². The zero-order valence-electron chi connectivity index (χ0n) is 18.0. The van der Waals surface area contributed by atoms with Gasteiger partial charge in [0.2, 0.25) is 5.91 Å². The van der Waals surface area contributed by atoms with Crippen molar-refractivity contribution in [3.05, 3.63) is 29.7 Å². The molecule has 1 saturated heterocycles. The summed E-state index contributed by atoms with van der Waals surface area (Å²) in [6.07, 6.45) is -0.307. The zero-order chi connectivity index (χ0) is 22.6. The first-order valence-electron chi connectivity index (χ1n) is 10.3. The maximum atomic E-state index is 14.6. The van der Waals surface area contributed by atoms with Gasteiger partial charge >= 0.3 is 0 Å². The van der Waals surface area contributed by atoms with Crippen LogP contribution in [0.25, 0.3) is 10.9 Å². The van der Waals surface area contributed by atoms with Crippen molar-refractivity contribution in [2.75, 3.05) is 33.0 Å². The van der Waals surface area contributed by atoms with Gasteiger partial charge in [-0.2, -0.15) is 5.10 Å². The number of halogens is 1. The molecule has 2 aromatic rings. The van der Waals surface area contributed by atoms with E-state index in [1.165, 1.54) is 16.8 Å². The topological polar surface area (TPSA) is 115 Å². The number of aromatic nitrogens is 2. The van der Waals surface area contributed by atoms with Gasteiger partial charge in [0, 0.05) is 11.9 Å². The third-order valence-electron chi connectivity index (χ3n) is 5.01. The third-order valence-corrected chi connectivity index (χ3v) is 5.01. The second-order valence-corrected chi connectivity index (χ2v) is 8.52. The van der Waals surface area contributed by atoms with Gasteiger partial charge in [0.05, 0.1) is 33.0 Å². The van der Waals surface area contributed by atoms with Gasteiger partial charge in [-0.25, -0.2) is 4.39 Å². The van der Waals surface area contributed by atoms with Crippen LogP contribution in [0.1, 0.15) is 31.3 Å².